The molecule has 1 aliphatic heterocycles. The van der Waals surface area contributed by atoms with Crippen molar-refractivity contribution in [3.8, 4) is 0 Å². The maximum atomic E-state index is 12.5. The first-order chi connectivity index (χ1) is 8.88. The third-order valence-electron chi connectivity index (χ3n) is 2.93. The van der Waals surface area contributed by atoms with E-state index in [1.807, 2.05) is 0 Å². The number of anilines is 1. The molecule has 0 spiro atoms. The Bertz CT molecular complexity index is 484. The summed E-state index contributed by atoms with van der Waals surface area (Å²) in [6.07, 6.45) is -2.83. The second-order valence-electron chi connectivity index (χ2n) is 4.33. The number of benzene rings is 1. The first kappa shape index (κ1) is 14.1. The summed E-state index contributed by atoms with van der Waals surface area (Å²) in [7, 11) is 0. The Morgan fingerprint density at radius 1 is 1.42 bits per heavy atom. The number of nitrogens with one attached hydrogen (secondary N) is 2. The van der Waals surface area contributed by atoms with Crippen LogP contribution >= 0.6 is 11.6 Å². The van der Waals surface area contributed by atoms with Crippen molar-refractivity contribution in [2.24, 2.45) is 0 Å². The van der Waals surface area contributed by atoms with Crippen molar-refractivity contribution in [2.75, 3.05) is 11.9 Å². The van der Waals surface area contributed by atoms with Gasteiger partial charge in [-0.25, -0.2) is 0 Å². The van der Waals surface area contributed by atoms with Gasteiger partial charge in [0.2, 0.25) is 5.91 Å². The highest BCUT2D eigenvalue weighted by atomic mass is 35.5. The second-order valence-corrected chi connectivity index (χ2v) is 4.74. The Balaban J connectivity index is 2.11. The lowest BCUT2D eigenvalue weighted by Crippen LogP contribution is -2.35. The molecule has 7 heteroatoms. The van der Waals surface area contributed by atoms with Crippen molar-refractivity contribution in [3.63, 3.8) is 0 Å². The van der Waals surface area contributed by atoms with Gasteiger partial charge in [-0.15, -0.1) is 0 Å². The lowest BCUT2D eigenvalue weighted by Gasteiger charge is -2.13. The number of alkyl halides is 3. The third kappa shape index (κ3) is 3.39. The average molecular weight is 293 g/mol. The molecule has 1 unspecified atom stereocenters. The second kappa shape index (κ2) is 5.38. The molecule has 19 heavy (non-hydrogen) atoms. The summed E-state index contributed by atoms with van der Waals surface area (Å²) in [6.45, 7) is 0.763. The molecule has 0 saturated carbocycles. The SMILES string of the molecule is O=C(Nc1ccc(C(F)(F)F)cc1Cl)C1CCCN1. The van der Waals surface area contributed by atoms with Crippen molar-refractivity contribution < 1.29 is 18.0 Å². The molecule has 1 heterocycles. The Morgan fingerprint density at radius 2 is 2.16 bits per heavy atom. The summed E-state index contributed by atoms with van der Waals surface area (Å²) in [4.78, 5) is 11.8. The molecule has 1 aromatic carbocycles. The standard InChI is InChI=1S/C12H12ClF3N2O/c13-8-6-7(12(14,15)16)3-4-9(8)18-11(19)10-2-1-5-17-10/h3-4,6,10,17H,1-2,5H2,(H,18,19). The Kier molecular flexibility index (Phi) is 4.01. The quantitative estimate of drug-likeness (QED) is 0.879. The highest BCUT2D eigenvalue weighted by Gasteiger charge is 2.31. The molecule has 1 atom stereocenters. The molecule has 1 amide bonds. The van der Waals surface area contributed by atoms with Gasteiger partial charge < -0.3 is 10.6 Å². The Labute approximate surface area is 113 Å². The van der Waals surface area contributed by atoms with E-state index in [1.54, 1.807) is 0 Å². The van der Waals surface area contributed by atoms with E-state index in [2.05, 4.69) is 10.6 Å². The molecule has 0 bridgehead atoms. The van der Waals surface area contributed by atoms with Gasteiger partial charge in [0.05, 0.1) is 22.3 Å². The summed E-state index contributed by atoms with van der Waals surface area (Å²) < 4.78 is 37.4. The van der Waals surface area contributed by atoms with E-state index < -0.39 is 11.7 Å². The number of amides is 1. The fourth-order valence-electron chi connectivity index (χ4n) is 1.92. The highest BCUT2D eigenvalue weighted by molar-refractivity contribution is 6.33. The molecule has 0 aliphatic carbocycles. The van der Waals surface area contributed by atoms with Gasteiger partial charge in [-0.2, -0.15) is 13.2 Å². The summed E-state index contributed by atoms with van der Waals surface area (Å²) in [5.41, 5.74) is -0.650. The van der Waals surface area contributed by atoms with Gasteiger partial charge in [0, 0.05) is 0 Å². The van der Waals surface area contributed by atoms with Crippen molar-refractivity contribution in [1.82, 2.24) is 5.32 Å². The van der Waals surface area contributed by atoms with E-state index in [9.17, 15) is 18.0 Å². The van der Waals surface area contributed by atoms with E-state index in [0.717, 1.165) is 31.2 Å². The van der Waals surface area contributed by atoms with Crippen LogP contribution in [0.15, 0.2) is 18.2 Å². The van der Waals surface area contributed by atoms with Crippen LogP contribution < -0.4 is 10.6 Å². The minimum absolute atomic E-state index is 0.124. The monoisotopic (exact) mass is 292 g/mol. The van der Waals surface area contributed by atoms with E-state index in [0.29, 0.717) is 6.42 Å². The maximum Gasteiger partial charge on any atom is 0.416 e. The minimum atomic E-state index is -4.45. The van der Waals surface area contributed by atoms with Crippen molar-refractivity contribution in [2.45, 2.75) is 25.1 Å². The summed E-state index contributed by atoms with van der Waals surface area (Å²) >= 11 is 5.75. The average Bonchev–Trinajstić information content (AvgIpc) is 2.84. The molecule has 1 aliphatic rings. The molecule has 1 saturated heterocycles. The highest BCUT2D eigenvalue weighted by Crippen LogP contribution is 2.33. The largest absolute Gasteiger partial charge is 0.416 e. The molecular weight excluding hydrogens is 281 g/mol. The number of carbonyl (C=O) groups excluding carboxylic acids is 1. The number of hydrogen-bond acceptors (Lipinski definition) is 2. The predicted molar refractivity (Wildman–Crippen MR) is 66.1 cm³/mol. The predicted octanol–water partition coefficient (Wildman–Crippen LogP) is 3.05. The molecular formula is C12H12ClF3N2O. The summed E-state index contributed by atoms with van der Waals surface area (Å²) in [6, 6.07) is 2.55. The maximum absolute atomic E-state index is 12.5. The molecule has 3 nitrogen and oxygen atoms in total. The molecule has 2 N–H and O–H groups in total. The first-order valence-electron chi connectivity index (χ1n) is 5.79. The van der Waals surface area contributed by atoms with Crippen LogP contribution in [0.25, 0.3) is 0 Å². The van der Waals surface area contributed by atoms with Gasteiger partial charge >= 0.3 is 6.18 Å². The molecule has 1 aromatic rings. The van der Waals surface area contributed by atoms with Crippen LogP contribution in [0.3, 0.4) is 0 Å². The van der Waals surface area contributed by atoms with Crippen LogP contribution in [-0.2, 0) is 11.0 Å². The number of rotatable bonds is 2. The topological polar surface area (TPSA) is 41.1 Å². The van der Waals surface area contributed by atoms with Gasteiger partial charge in [0.1, 0.15) is 0 Å². The van der Waals surface area contributed by atoms with Crippen LogP contribution in [0.1, 0.15) is 18.4 Å². The van der Waals surface area contributed by atoms with Crippen LogP contribution in [0.4, 0.5) is 18.9 Å². The van der Waals surface area contributed by atoms with Gasteiger partial charge in [-0.3, -0.25) is 4.79 Å². The van der Waals surface area contributed by atoms with Gasteiger partial charge in [-0.1, -0.05) is 11.6 Å². The van der Waals surface area contributed by atoms with Crippen LogP contribution in [0, 0.1) is 0 Å². The number of carbonyl (C=O) groups is 1. The van der Waals surface area contributed by atoms with Gasteiger partial charge in [0.25, 0.3) is 0 Å². The third-order valence-corrected chi connectivity index (χ3v) is 3.24. The summed E-state index contributed by atoms with van der Waals surface area (Å²) in [5, 5.41) is 5.40. The lowest BCUT2D eigenvalue weighted by atomic mass is 10.1. The summed E-state index contributed by atoms with van der Waals surface area (Å²) in [5.74, 6) is -0.279. The van der Waals surface area contributed by atoms with Gasteiger partial charge in [0.15, 0.2) is 0 Å². The normalized spacial score (nSPS) is 19.5. The van der Waals surface area contributed by atoms with E-state index in [4.69, 9.17) is 11.6 Å². The molecule has 104 valence electrons. The zero-order chi connectivity index (χ0) is 14.0. The van der Waals surface area contributed by atoms with Crippen molar-refractivity contribution >= 4 is 23.2 Å². The fraction of sp³-hybridized carbons (Fsp3) is 0.417. The zero-order valence-electron chi connectivity index (χ0n) is 9.85. The number of halogens is 4. The van der Waals surface area contributed by atoms with E-state index in [-0.39, 0.29) is 22.7 Å². The van der Waals surface area contributed by atoms with Crippen molar-refractivity contribution in [1.29, 1.82) is 0 Å². The fourth-order valence-corrected chi connectivity index (χ4v) is 2.15. The molecule has 1 fully saturated rings. The number of hydrogen-bond donors (Lipinski definition) is 2. The van der Waals surface area contributed by atoms with Crippen LogP contribution in [0.2, 0.25) is 5.02 Å². The smallest absolute Gasteiger partial charge is 0.323 e. The van der Waals surface area contributed by atoms with Gasteiger partial charge in [-0.05, 0) is 37.6 Å². The minimum Gasteiger partial charge on any atom is -0.323 e. The Hall–Kier alpha value is -1.27. The molecule has 0 aromatic heterocycles. The van der Waals surface area contributed by atoms with Crippen molar-refractivity contribution in [3.05, 3.63) is 28.8 Å². The van der Waals surface area contributed by atoms with Crippen LogP contribution in [0.5, 0.6) is 0 Å². The van der Waals surface area contributed by atoms with Crippen LogP contribution in [-0.4, -0.2) is 18.5 Å². The molecule has 0 radical (unpaired) electrons. The zero-order valence-corrected chi connectivity index (χ0v) is 10.6. The van der Waals surface area contributed by atoms with E-state index in [1.165, 1.54) is 0 Å². The lowest BCUT2D eigenvalue weighted by molar-refractivity contribution is -0.137. The Morgan fingerprint density at radius 3 is 2.68 bits per heavy atom. The van der Waals surface area contributed by atoms with E-state index >= 15 is 0 Å². The molecule has 2 rings (SSSR count). The first-order valence-corrected chi connectivity index (χ1v) is 6.17.